The van der Waals surface area contributed by atoms with E-state index in [0.29, 0.717) is 24.7 Å². The topological polar surface area (TPSA) is 69.6 Å². The van der Waals surface area contributed by atoms with E-state index in [0.717, 1.165) is 18.4 Å². The molecule has 1 saturated heterocycles. The van der Waals surface area contributed by atoms with Gasteiger partial charge in [-0.3, -0.25) is 0 Å². The van der Waals surface area contributed by atoms with E-state index in [2.05, 4.69) is 5.32 Å². The number of nitrogens with one attached hydrogen (secondary N) is 1. The lowest BCUT2D eigenvalue weighted by Gasteiger charge is -2.31. The summed E-state index contributed by atoms with van der Waals surface area (Å²) < 4.78 is 24.4. The van der Waals surface area contributed by atoms with Gasteiger partial charge < -0.3 is 10.4 Å². The minimum Gasteiger partial charge on any atom is -0.387 e. The second kappa shape index (κ2) is 7.07. The second-order valence-electron chi connectivity index (χ2n) is 5.41. The van der Waals surface area contributed by atoms with Crippen LogP contribution in [0.25, 0.3) is 0 Å². The van der Waals surface area contributed by atoms with Crippen molar-refractivity contribution in [1.82, 2.24) is 9.62 Å². The molecule has 7 heteroatoms. The molecule has 0 spiro atoms. The molecule has 21 heavy (non-hydrogen) atoms. The summed E-state index contributed by atoms with van der Waals surface area (Å²) in [6, 6.07) is 7.36. The predicted molar refractivity (Wildman–Crippen MR) is 83.9 cm³/mol. The summed E-state index contributed by atoms with van der Waals surface area (Å²) in [6.45, 7) is 1.52. The summed E-state index contributed by atoms with van der Waals surface area (Å²) in [5.74, 6) is 0. The van der Waals surface area contributed by atoms with Gasteiger partial charge in [0.2, 0.25) is 10.0 Å². The lowest BCUT2D eigenvalue weighted by atomic mass is 10.1. The summed E-state index contributed by atoms with van der Waals surface area (Å²) in [7, 11) is -3.08. The van der Waals surface area contributed by atoms with E-state index in [1.165, 1.54) is 10.6 Å². The number of benzene rings is 1. The average molecular weight is 333 g/mol. The molecule has 0 aromatic heterocycles. The number of aliphatic hydroxyl groups is 1. The first-order valence-electron chi connectivity index (χ1n) is 6.98. The van der Waals surface area contributed by atoms with E-state index >= 15 is 0 Å². The predicted octanol–water partition coefficient (Wildman–Crippen LogP) is 1.39. The van der Waals surface area contributed by atoms with E-state index in [1.54, 1.807) is 24.3 Å². The zero-order chi connectivity index (χ0) is 15.5. The monoisotopic (exact) mass is 332 g/mol. The quantitative estimate of drug-likeness (QED) is 0.855. The largest absolute Gasteiger partial charge is 0.387 e. The fourth-order valence-electron chi connectivity index (χ4n) is 2.47. The lowest BCUT2D eigenvalue weighted by molar-refractivity contribution is 0.163. The number of nitrogens with zero attached hydrogens (tertiary/aromatic N) is 1. The van der Waals surface area contributed by atoms with Crippen LogP contribution in [0.1, 0.15) is 24.5 Å². The van der Waals surface area contributed by atoms with Crippen molar-refractivity contribution in [2.24, 2.45) is 0 Å². The maximum atomic E-state index is 11.4. The molecule has 1 aliphatic heterocycles. The van der Waals surface area contributed by atoms with E-state index < -0.39 is 16.1 Å². The van der Waals surface area contributed by atoms with Gasteiger partial charge in [-0.05, 0) is 30.5 Å². The number of aliphatic hydroxyl groups excluding tert-OH is 1. The molecule has 5 nitrogen and oxygen atoms in total. The highest BCUT2D eigenvalue weighted by Gasteiger charge is 2.24. The van der Waals surface area contributed by atoms with Crippen molar-refractivity contribution in [3.63, 3.8) is 0 Å². The third kappa shape index (κ3) is 4.93. The molecule has 2 N–H and O–H groups in total. The lowest BCUT2D eigenvalue weighted by Crippen LogP contribution is -2.45. The zero-order valence-corrected chi connectivity index (χ0v) is 13.6. The highest BCUT2D eigenvalue weighted by atomic mass is 35.5. The molecule has 1 aromatic rings. The third-order valence-corrected chi connectivity index (χ3v) is 5.33. The number of sulfonamides is 1. The van der Waals surface area contributed by atoms with Crippen LogP contribution < -0.4 is 5.32 Å². The first kappa shape index (κ1) is 16.7. The summed E-state index contributed by atoms with van der Waals surface area (Å²) in [6.07, 6.45) is 2.18. The molecule has 1 aliphatic rings. The van der Waals surface area contributed by atoms with Gasteiger partial charge in [-0.15, -0.1) is 0 Å². The van der Waals surface area contributed by atoms with Crippen LogP contribution in [0, 0.1) is 0 Å². The van der Waals surface area contributed by atoms with Crippen molar-refractivity contribution in [3.05, 3.63) is 34.9 Å². The van der Waals surface area contributed by atoms with Gasteiger partial charge in [0.05, 0.1) is 12.4 Å². The van der Waals surface area contributed by atoms with Crippen LogP contribution in [-0.4, -0.2) is 49.8 Å². The molecule has 1 fully saturated rings. The Hall–Kier alpha value is -0.660. The van der Waals surface area contributed by atoms with Crippen molar-refractivity contribution >= 4 is 21.6 Å². The van der Waals surface area contributed by atoms with Crippen LogP contribution in [0.2, 0.25) is 5.02 Å². The van der Waals surface area contributed by atoms with Crippen molar-refractivity contribution in [1.29, 1.82) is 0 Å². The SMILES string of the molecule is CS(=O)(=O)N1CCC(NCC(O)c2ccc(Cl)cc2)CC1. The Morgan fingerprint density at radius 2 is 1.90 bits per heavy atom. The number of halogens is 1. The minimum atomic E-state index is -3.08. The van der Waals surface area contributed by atoms with Gasteiger partial charge in [0.1, 0.15) is 0 Å². The smallest absolute Gasteiger partial charge is 0.211 e. The Bertz CT molecular complexity index is 554. The Morgan fingerprint density at radius 1 is 1.33 bits per heavy atom. The third-order valence-electron chi connectivity index (χ3n) is 3.78. The van der Waals surface area contributed by atoms with Crippen LogP contribution >= 0.6 is 11.6 Å². The van der Waals surface area contributed by atoms with Gasteiger partial charge in [-0.25, -0.2) is 12.7 Å². The van der Waals surface area contributed by atoms with Gasteiger partial charge in [0.25, 0.3) is 0 Å². The standard InChI is InChI=1S/C14H21ClN2O3S/c1-21(19,20)17-8-6-13(7-9-17)16-10-14(18)11-2-4-12(15)5-3-11/h2-5,13-14,16,18H,6-10H2,1H3. The molecule has 118 valence electrons. The van der Waals surface area contributed by atoms with Crippen molar-refractivity contribution in [2.75, 3.05) is 25.9 Å². The summed E-state index contributed by atoms with van der Waals surface area (Å²) >= 11 is 5.81. The molecule has 0 amide bonds. The summed E-state index contributed by atoms with van der Waals surface area (Å²) in [5, 5.41) is 14.1. The van der Waals surface area contributed by atoms with Gasteiger partial charge in [-0.2, -0.15) is 0 Å². The fourth-order valence-corrected chi connectivity index (χ4v) is 3.47. The highest BCUT2D eigenvalue weighted by molar-refractivity contribution is 7.88. The van der Waals surface area contributed by atoms with Gasteiger partial charge in [-0.1, -0.05) is 23.7 Å². The highest BCUT2D eigenvalue weighted by Crippen LogP contribution is 2.17. The molecule has 1 atom stereocenters. The first-order chi connectivity index (χ1) is 9.86. The second-order valence-corrected chi connectivity index (χ2v) is 7.83. The normalized spacial score (nSPS) is 19.6. The van der Waals surface area contributed by atoms with Crippen molar-refractivity contribution in [2.45, 2.75) is 25.0 Å². The van der Waals surface area contributed by atoms with Crippen LogP contribution in [0.3, 0.4) is 0 Å². The maximum Gasteiger partial charge on any atom is 0.211 e. The molecule has 1 heterocycles. The molecular weight excluding hydrogens is 312 g/mol. The Balaban J connectivity index is 1.78. The molecule has 0 bridgehead atoms. The first-order valence-corrected chi connectivity index (χ1v) is 9.21. The zero-order valence-electron chi connectivity index (χ0n) is 12.0. The fraction of sp³-hybridized carbons (Fsp3) is 0.571. The van der Waals surface area contributed by atoms with Gasteiger partial charge in [0.15, 0.2) is 0 Å². The van der Waals surface area contributed by atoms with Crippen LogP contribution in [0.4, 0.5) is 0 Å². The average Bonchev–Trinajstić information content (AvgIpc) is 2.45. The van der Waals surface area contributed by atoms with E-state index in [-0.39, 0.29) is 6.04 Å². The summed E-state index contributed by atoms with van der Waals surface area (Å²) in [4.78, 5) is 0. The van der Waals surface area contributed by atoms with Crippen LogP contribution in [0.5, 0.6) is 0 Å². The van der Waals surface area contributed by atoms with E-state index in [1.807, 2.05) is 0 Å². The number of piperidine rings is 1. The molecular formula is C14H21ClN2O3S. The number of hydrogen-bond acceptors (Lipinski definition) is 4. The maximum absolute atomic E-state index is 11.4. The van der Waals surface area contributed by atoms with E-state index in [4.69, 9.17) is 11.6 Å². The van der Waals surface area contributed by atoms with Gasteiger partial charge in [0, 0.05) is 30.7 Å². The molecule has 0 saturated carbocycles. The number of rotatable bonds is 5. The van der Waals surface area contributed by atoms with Crippen LogP contribution in [0.15, 0.2) is 24.3 Å². The molecule has 1 unspecified atom stereocenters. The van der Waals surface area contributed by atoms with Crippen LogP contribution in [-0.2, 0) is 10.0 Å². The Morgan fingerprint density at radius 3 is 2.43 bits per heavy atom. The van der Waals surface area contributed by atoms with Crippen molar-refractivity contribution in [3.8, 4) is 0 Å². The minimum absolute atomic E-state index is 0.241. The molecule has 2 rings (SSSR count). The molecule has 1 aromatic carbocycles. The van der Waals surface area contributed by atoms with E-state index in [9.17, 15) is 13.5 Å². The van der Waals surface area contributed by atoms with Gasteiger partial charge >= 0.3 is 0 Å². The molecule has 0 aliphatic carbocycles. The van der Waals surface area contributed by atoms with Crippen molar-refractivity contribution < 1.29 is 13.5 Å². The summed E-state index contributed by atoms with van der Waals surface area (Å²) in [5.41, 5.74) is 0.820. The number of hydrogen-bond donors (Lipinski definition) is 2. The Labute approximate surface area is 131 Å². The Kier molecular flexibility index (Phi) is 5.62. The molecule has 0 radical (unpaired) electrons.